The standard InChI is InChI=1S/C17H26N4/c1-13(11-17(2,3)4)10-15(18)16-12-19-20-21(16)14-8-6-5-7-9-14/h5-9,12-13,15H,10-11,18H2,1-4H3. The third-order valence-corrected chi connectivity index (χ3v) is 3.57. The molecular weight excluding hydrogens is 260 g/mol. The number of hydrogen-bond acceptors (Lipinski definition) is 3. The largest absolute Gasteiger partial charge is 0.323 e. The van der Waals surface area contributed by atoms with Gasteiger partial charge in [-0.1, -0.05) is 51.1 Å². The highest BCUT2D eigenvalue weighted by Crippen LogP contribution is 2.29. The molecule has 21 heavy (non-hydrogen) atoms. The predicted molar refractivity (Wildman–Crippen MR) is 86.1 cm³/mol. The van der Waals surface area contributed by atoms with Crippen LogP contribution in [0.5, 0.6) is 0 Å². The number of nitrogens with zero attached hydrogens (tertiary/aromatic N) is 3. The minimum Gasteiger partial charge on any atom is -0.323 e. The maximum Gasteiger partial charge on any atom is 0.0813 e. The summed E-state index contributed by atoms with van der Waals surface area (Å²) < 4.78 is 1.84. The van der Waals surface area contributed by atoms with Gasteiger partial charge in [-0.3, -0.25) is 0 Å². The molecule has 1 aromatic carbocycles. The topological polar surface area (TPSA) is 56.7 Å². The lowest BCUT2D eigenvalue weighted by Gasteiger charge is -2.25. The van der Waals surface area contributed by atoms with E-state index in [0.29, 0.717) is 11.3 Å². The predicted octanol–water partition coefficient (Wildman–Crippen LogP) is 3.73. The van der Waals surface area contributed by atoms with Crippen LogP contribution in [0, 0.1) is 11.3 Å². The molecule has 4 heteroatoms. The Bertz CT molecular complexity index is 554. The zero-order chi connectivity index (χ0) is 15.5. The first-order chi connectivity index (χ1) is 9.87. The maximum atomic E-state index is 6.40. The van der Waals surface area contributed by atoms with Crippen LogP contribution in [0.4, 0.5) is 0 Å². The van der Waals surface area contributed by atoms with Gasteiger partial charge in [0, 0.05) is 6.04 Å². The lowest BCUT2D eigenvalue weighted by atomic mass is 9.82. The molecule has 0 spiro atoms. The van der Waals surface area contributed by atoms with E-state index in [9.17, 15) is 0 Å². The minimum absolute atomic E-state index is 0.0439. The molecule has 0 saturated heterocycles. The van der Waals surface area contributed by atoms with Crippen molar-refractivity contribution in [1.29, 1.82) is 0 Å². The van der Waals surface area contributed by atoms with Crippen molar-refractivity contribution in [2.75, 3.05) is 0 Å². The number of nitrogens with two attached hydrogens (primary N) is 1. The summed E-state index contributed by atoms with van der Waals surface area (Å²) in [6.45, 7) is 9.07. The van der Waals surface area contributed by atoms with Crippen LogP contribution in [0.2, 0.25) is 0 Å². The molecule has 4 nitrogen and oxygen atoms in total. The first-order valence-corrected chi connectivity index (χ1v) is 7.58. The maximum absolute atomic E-state index is 6.40. The minimum atomic E-state index is -0.0439. The van der Waals surface area contributed by atoms with Gasteiger partial charge >= 0.3 is 0 Å². The normalized spacial score (nSPS) is 14.9. The Morgan fingerprint density at radius 2 is 1.86 bits per heavy atom. The van der Waals surface area contributed by atoms with Gasteiger partial charge < -0.3 is 5.73 Å². The molecule has 2 unspecified atom stereocenters. The zero-order valence-corrected chi connectivity index (χ0v) is 13.5. The lowest BCUT2D eigenvalue weighted by Crippen LogP contribution is -2.20. The summed E-state index contributed by atoms with van der Waals surface area (Å²) in [7, 11) is 0. The molecule has 2 aromatic rings. The van der Waals surface area contributed by atoms with E-state index in [-0.39, 0.29) is 6.04 Å². The SMILES string of the molecule is CC(CC(N)c1cnnn1-c1ccccc1)CC(C)(C)C. The fraction of sp³-hybridized carbons (Fsp3) is 0.529. The summed E-state index contributed by atoms with van der Waals surface area (Å²) in [6, 6.07) is 9.97. The van der Waals surface area contributed by atoms with Crippen LogP contribution in [0.1, 0.15) is 52.3 Å². The highest BCUT2D eigenvalue weighted by atomic mass is 15.4. The van der Waals surface area contributed by atoms with Crippen LogP contribution in [0.15, 0.2) is 36.5 Å². The van der Waals surface area contributed by atoms with Crippen molar-refractivity contribution in [2.45, 2.75) is 46.6 Å². The van der Waals surface area contributed by atoms with E-state index in [1.807, 2.05) is 35.0 Å². The second-order valence-electron chi connectivity index (χ2n) is 7.12. The first kappa shape index (κ1) is 15.7. The van der Waals surface area contributed by atoms with E-state index in [1.54, 1.807) is 6.20 Å². The van der Waals surface area contributed by atoms with Gasteiger partial charge in [-0.05, 0) is 36.3 Å². The van der Waals surface area contributed by atoms with E-state index in [4.69, 9.17) is 5.73 Å². The Labute approximate surface area is 127 Å². The van der Waals surface area contributed by atoms with E-state index in [1.165, 1.54) is 0 Å². The second kappa shape index (κ2) is 6.39. The van der Waals surface area contributed by atoms with E-state index >= 15 is 0 Å². The van der Waals surface area contributed by atoms with Crippen molar-refractivity contribution < 1.29 is 0 Å². The molecule has 0 aliphatic heterocycles. The van der Waals surface area contributed by atoms with Gasteiger partial charge in [-0.15, -0.1) is 5.10 Å². The average Bonchev–Trinajstić information content (AvgIpc) is 2.86. The highest BCUT2D eigenvalue weighted by molar-refractivity contribution is 5.32. The van der Waals surface area contributed by atoms with E-state index < -0.39 is 0 Å². The van der Waals surface area contributed by atoms with Crippen LogP contribution in [-0.2, 0) is 0 Å². The van der Waals surface area contributed by atoms with Gasteiger partial charge in [-0.25, -0.2) is 4.68 Å². The third kappa shape index (κ3) is 4.39. The Balaban J connectivity index is 2.11. The zero-order valence-electron chi connectivity index (χ0n) is 13.5. The molecule has 0 bridgehead atoms. The van der Waals surface area contributed by atoms with Crippen LogP contribution >= 0.6 is 0 Å². The molecule has 0 radical (unpaired) electrons. The van der Waals surface area contributed by atoms with Crippen molar-refractivity contribution >= 4 is 0 Å². The third-order valence-electron chi connectivity index (χ3n) is 3.57. The summed E-state index contributed by atoms with van der Waals surface area (Å²) in [6.07, 6.45) is 3.88. The second-order valence-corrected chi connectivity index (χ2v) is 7.12. The summed E-state index contributed by atoms with van der Waals surface area (Å²) in [5.74, 6) is 0.569. The highest BCUT2D eigenvalue weighted by Gasteiger charge is 2.20. The molecule has 0 amide bonds. The Kier molecular flexibility index (Phi) is 4.78. The van der Waals surface area contributed by atoms with Gasteiger partial charge in [0.1, 0.15) is 0 Å². The molecule has 2 atom stereocenters. The quantitative estimate of drug-likeness (QED) is 0.911. The molecule has 0 aliphatic carbocycles. The molecule has 0 saturated carbocycles. The van der Waals surface area contributed by atoms with Gasteiger partial charge in [0.05, 0.1) is 17.6 Å². The van der Waals surface area contributed by atoms with Crippen molar-refractivity contribution in [1.82, 2.24) is 15.0 Å². The van der Waals surface area contributed by atoms with Crippen molar-refractivity contribution in [2.24, 2.45) is 17.1 Å². The van der Waals surface area contributed by atoms with Crippen molar-refractivity contribution in [3.63, 3.8) is 0 Å². The Hall–Kier alpha value is -1.68. The Morgan fingerprint density at radius 1 is 1.19 bits per heavy atom. The molecule has 1 aromatic heterocycles. The van der Waals surface area contributed by atoms with Crippen molar-refractivity contribution in [3.8, 4) is 5.69 Å². The van der Waals surface area contributed by atoms with Crippen molar-refractivity contribution in [3.05, 3.63) is 42.2 Å². The van der Waals surface area contributed by atoms with Gasteiger partial charge in [-0.2, -0.15) is 0 Å². The molecule has 0 aliphatic rings. The van der Waals surface area contributed by atoms with E-state index in [0.717, 1.165) is 24.2 Å². The van der Waals surface area contributed by atoms with Crippen LogP contribution < -0.4 is 5.73 Å². The molecule has 0 fully saturated rings. The average molecular weight is 286 g/mol. The molecule has 2 N–H and O–H groups in total. The number of para-hydroxylation sites is 1. The molecule has 1 heterocycles. The fourth-order valence-corrected chi connectivity index (χ4v) is 2.95. The van der Waals surface area contributed by atoms with Gasteiger partial charge in [0.2, 0.25) is 0 Å². The van der Waals surface area contributed by atoms with Crippen LogP contribution in [0.25, 0.3) is 5.69 Å². The Morgan fingerprint density at radius 3 is 2.48 bits per heavy atom. The number of hydrogen-bond donors (Lipinski definition) is 1. The fourth-order valence-electron chi connectivity index (χ4n) is 2.95. The molecule has 2 rings (SSSR count). The smallest absolute Gasteiger partial charge is 0.0813 e. The first-order valence-electron chi connectivity index (χ1n) is 7.58. The summed E-state index contributed by atoms with van der Waals surface area (Å²) in [5.41, 5.74) is 8.70. The van der Waals surface area contributed by atoms with Gasteiger partial charge in [0.15, 0.2) is 0 Å². The monoisotopic (exact) mass is 286 g/mol. The van der Waals surface area contributed by atoms with Crippen LogP contribution in [-0.4, -0.2) is 15.0 Å². The summed E-state index contributed by atoms with van der Waals surface area (Å²) in [5, 5.41) is 8.21. The molecular formula is C17H26N4. The van der Waals surface area contributed by atoms with Gasteiger partial charge in [0.25, 0.3) is 0 Å². The number of benzene rings is 1. The number of rotatable bonds is 5. The van der Waals surface area contributed by atoms with Crippen LogP contribution in [0.3, 0.4) is 0 Å². The number of aromatic nitrogens is 3. The summed E-state index contributed by atoms with van der Waals surface area (Å²) >= 11 is 0. The van der Waals surface area contributed by atoms with E-state index in [2.05, 4.69) is 38.0 Å². The summed E-state index contributed by atoms with van der Waals surface area (Å²) in [4.78, 5) is 0. The molecule has 114 valence electrons. The lowest BCUT2D eigenvalue weighted by molar-refractivity contribution is 0.285.